The van der Waals surface area contributed by atoms with Gasteiger partial charge in [-0.25, -0.2) is 0 Å². The summed E-state index contributed by atoms with van der Waals surface area (Å²) in [6, 6.07) is 9.53. The van der Waals surface area contributed by atoms with E-state index in [-0.39, 0.29) is 5.91 Å². The third-order valence-corrected chi connectivity index (χ3v) is 2.85. The Kier molecular flexibility index (Phi) is 4.36. The molecule has 1 aromatic carbocycles. The predicted octanol–water partition coefficient (Wildman–Crippen LogP) is 2.73. The van der Waals surface area contributed by atoms with Gasteiger partial charge in [0.05, 0.1) is 5.56 Å². The molecule has 1 aromatic heterocycles. The lowest BCUT2D eigenvalue weighted by Crippen LogP contribution is -2.11. The van der Waals surface area contributed by atoms with Crippen molar-refractivity contribution in [1.29, 1.82) is 0 Å². The molecular weight excluding hydrogens is 240 g/mol. The highest BCUT2D eigenvalue weighted by atomic mass is 16.3. The monoisotopic (exact) mass is 258 g/mol. The topological polar surface area (TPSA) is 68.3 Å². The van der Waals surface area contributed by atoms with Crippen LogP contribution in [0.5, 0.6) is 0 Å². The zero-order valence-corrected chi connectivity index (χ0v) is 11.0. The van der Waals surface area contributed by atoms with Crippen LogP contribution in [0.25, 0.3) is 0 Å². The van der Waals surface area contributed by atoms with Gasteiger partial charge >= 0.3 is 0 Å². The number of hydrogen-bond donors (Lipinski definition) is 2. The molecule has 0 saturated heterocycles. The number of carbonyl (C=O) groups excluding carboxylic acids is 1. The van der Waals surface area contributed by atoms with Crippen molar-refractivity contribution in [1.82, 2.24) is 0 Å². The fourth-order valence-electron chi connectivity index (χ4n) is 1.88. The van der Waals surface area contributed by atoms with Crippen molar-refractivity contribution in [3.63, 3.8) is 0 Å². The number of furan rings is 1. The molecule has 2 aromatic rings. The number of aryl methyl sites for hydroxylation is 2. The first-order valence-electron chi connectivity index (χ1n) is 6.34. The van der Waals surface area contributed by atoms with E-state index < -0.39 is 0 Å². The Bertz CT molecular complexity index is 561. The van der Waals surface area contributed by atoms with E-state index in [4.69, 9.17) is 10.2 Å². The molecule has 0 unspecified atom stereocenters. The van der Waals surface area contributed by atoms with Gasteiger partial charge in [0.25, 0.3) is 5.91 Å². The van der Waals surface area contributed by atoms with Crippen LogP contribution in [0.2, 0.25) is 0 Å². The standard InChI is InChI=1S/C15H18N2O2/c1-11-8-13(10-19-11)15(18)17-14-6-2-4-12(9-14)5-3-7-16/h2,4,6,8-10H,3,5,7,16H2,1H3,(H,17,18). The van der Waals surface area contributed by atoms with Gasteiger partial charge in [0.1, 0.15) is 12.0 Å². The number of hydrogen-bond acceptors (Lipinski definition) is 3. The van der Waals surface area contributed by atoms with Crippen LogP contribution in [0.4, 0.5) is 5.69 Å². The summed E-state index contributed by atoms with van der Waals surface area (Å²) in [5, 5.41) is 2.86. The number of nitrogens with one attached hydrogen (secondary N) is 1. The molecule has 0 radical (unpaired) electrons. The van der Waals surface area contributed by atoms with Crippen LogP contribution in [-0.4, -0.2) is 12.5 Å². The Morgan fingerprint density at radius 3 is 2.89 bits per heavy atom. The number of amides is 1. The molecule has 2 rings (SSSR count). The molecule has 4 heteroatoms. The zero-order chi connectivity index (χ0) is 13.7. The Morgan fingerprint density at radius 2 is 2.21 bits per heavy atom. The first-order valence-corrected chi connectivity index (χ1v) is 6.34. The minimum atomic E-state index is -0.159. The van der Waals surface area contributed by atoms with E-state index in [1.807, 2.05) is 31.2 Å². The van der Waals surface area contributed by atoms with E-state index in [0.717, 1.165) is 24.3 Å². The van der Waals surface area contributed by atoms with Crippen molar-refractivity contribution in [3.8, 4) is 0 Å². The molecule has 3 N–H and O–H groups in total. The summed E-state index contributed by atoms with van der Waals surface area (Å²) < 4.78 is 5.13. The van der Waals surface area contributed by atoms with Crippen molar-refractivity contribution in [3.05, 3.63) is 53.5 Å². The average molecular weight is 258 g/mol. The molecule has 0 atom stereocenters. The van der Waals surface area contributed by atoms with Gasteiger partial charge in [0.2, 0.25) is 0 Å². The molecule has 0 fully saturated rings. The van der Waals surface area contributed by atoms with Crippen LogP contribution in [0.3, 0.4) is 0 Å². The maximum absolute atomic E-state index is 12.0. The molecule has 0 bridgehead atoms. The SMILES string of the molecule is Cc1cc(C(=O)Nc2cccc(CCCN)c2)co1. The maximum Gasteiger partial charge on any atom is 0.258 e. The van der Waals surface area contributed by atoms with Gasteiger partial charge in [-0.1, -0.05) is 12.1 Å². The molecule has 19 heavy (non-hydrogen) atoms. The molecule has 100 valence electrons. The number of carbonyl (C=O) groups is 1. The van der Waals surface area contributed by atoms with Gasteiger partial charge in [-0.3, -0.25) is 4.79 Å². The Hall–Kier alpha value is -2.07. The van der Waals surface area contributed by atoms with Crippen molar-refractivity contribution in [2.45, 2.75) is 19.8 Å². The molecular formula is C15H18N2O2. The van der Waals surface area contributed by atoms with Crippen LogP contribution in [0.1, 0.15) is 28.1 Å². The van der Waals surface area contributed by atoms with Crippen LogP contribution in [0.15, 0.2) is 41.0 Å². The third-order valence-electron chi connectivity index (χ3n) is 2.85. The Labute approximate surface area is 112 Å². The summed E-state index contributed by atoms with van der Waals surface area (Å²) in [5.41, 5.74) is 7.99. The molecule has 0 aliphatic carbocycles. The second kappa shape index (κ2) is 6.20. The quantitative estimate of drug-likeness (QED) is 0.866. The average Bonchev–Trinajstić information content (AvgIpc) is 2.83. The van der Waals surface area contributed by atoms with E-state index in [1.165, 1.54) is 11.8 Å². The van der Waals surface area contributed by atoms with Crippen molar-refractivity contribution in [2.75, 3.05) is 11.9 Å². The fourth-order valence-corrected chi connectivity index (χ4v) is 1.88. The molecule has 4 nitrogen and oxygen atoms in total. The largest absolute Gasteiger partial charge is 0.469 e. The minimum absolute atomic E-state index is 0.159. The van der Waals surface area contributed by atoms with Crippen molar-refractivity contribution >= 4 is 11.6 Å². The molecule has 0 aliphatic heterocycles. The summed E-state index contributed by atoms with van der Waals surface area (Å²) in [4.78, 5) is 12.0. The van der Waals surface area contributed by atoms with Crippen molar-refractivity contribution < 1.29 is 9.21 Å². The fraction of sp³-hybridized carbons (Fsp3) is 0.267. The summed E-state index contributed by atoms with van der Waals surface area (Å²) >= 11 is 0. The van der Waals surface area contributed by atoms with Gasteiger partial charge < -0.3 is 15.5 Å². The lowest BCUT2D eigenvalue weighted by molar-refractivity contribution is 0.102. The zero-order valence-electron chi connectivity index (χ0n) is 11.0. The Balaban J connectivity index is 2.04. The number of benzene rings is 1. The van der Waals surface area contributed by atoms with Crippen LogP contribution in [-0.2, 0) is 6.42 Å². The van der Waals surface area contributed by atoms with Crippen LogP contribution in [0, 0.1) is 6.92 Å². The van der Waals surface area contributed by atoms with Crippen LogP contribution < -0.4 is 11.1 Å². The van der Waals surface area contributed by atoms with E-state index in [2.05, 4.69) is 5.32 Å². The maximum atomic E-state index is 12.0. The van der Waals surface area contributed by atoms with E-state index in [0.29, 0.717) is 12.1 Å². The molecule has 0 saturated carbocycles. The van der Waals surface area contributed by atoms with Gasteiger partial charge in [0.15, 0.2) is 0 Å². The van der Waals surface area contributed by atoms with Gasteiger partial charge in [-0.15, -0.1) is 0 Å². The first kappa shape index (κ1) is 13.4. The minimum Gasteiger partial charge on any atom is -0.469 e. The summed E-state index contributed by atoms with van der Waals surface area (Å²) in [6.07, 6.45) is 3.33. The number of anilines is 1. The second-order valence-electron chi connectivity index (χ2n) is 4.49. The van der Waals surface area contributed by atoms with Gasteiger partial charge in [-0.2, -0.15) is 0 Å². The Morgan fingerprint density at radius 1 is 1.37 bits per heavy atom. The highest BCUT2D eigenvalue weighted by molar-refractivity contribution is 6.04. The number of nitrogens with two attached hydrogens (primary N) is 1. The second-order valence-corrected chi connectivity index (χ2v) is 4.49. The summed E-state index contributed by atoms with van der Waals surface area (Å²) in [7, 11) is 0. The first-order chi connectivity index (χ1) is 9.19. The normalized spacial score (nSPS) is 10.4. The number of rotatable bonds is 5. The molecule has 0 aliphatic rings. The van der Waals surface area contributed by atoms with Crippen LogP contribution >= 0.6 is 0 Å². The predicted molar refractivity (Wildman–Crippen MR) is 75.2 cm³/mol. The van der Waals surface area contributed by atoms with E-state index in [1.54, 1.807) is 6.07 Å². The van der Waals surface area contributed by atoms with Gasteiger partial charge in [-0.05, 0) is 50.1 Å². The molecule has 1 heterocycles. The molecule has 1 amide bonds. The highest BCUT2D eigenvalue weighted by Crippen LogP contribution is 2.14. The smallest absolute Gasteiger partial charge is 0.258 e. The van der Waals surface area contributed by atoms with E-state index in [9.17, 15) is 4.79 Å². The summed E-state index contributed by atoms with van der Waals surface area (Å²) in [5.74, 6) is 0.565. The van der Waals surface area contributed by atoms with Crippen molar-refractivity contribution in [2.24, 2.45) is 5.73 Å². The summed E-state index contributed by atoms with van der Waals surface area (Å²) in [6.45, 7) is 2.48. The van der Waals surface area contributed by atoms with E-state index >= 15 is 0 Å². The highest BCUT2D eigenvalue weighted by Gasteiger charge is 2.08. The lowest BCUT2D eigenvalue weighted by Gasteiger charge is -2.06. The lowest BCUT2D eigenvalue weighted by atomic mass is 10.1. The third kappa shape index (κ3) is 3.69. The van der Waals surface area contributed by atoms with Gasteiger partial charge in [0, 0.05) is 5.69 Å². The molecule has 0 spiro atoms.